The minimum Gasteiger partial charge on any atom is -0.497 e. The molecule has 2 aromatic heterocycles. The molecule has 1 fully saturated rings. The first-order valence-corrected chi connectivity index (χ1v) is 17.4. The van der Waals surface area contributed by atoms with Crippen LogP contribution in [-0.2, 0) is 35.0 Å². The third-order valence-corrected chi connectivity index (χ3v) is 10.5. The van der Waals surface area contributed by atoms with Crippen LogP contribution in [0.3, 0.4) is 0 Å². The summed E-state index contributed by atoms with van der Waals surface area (Å²) >= 11 is 0. The van der Waals surface area contributed by atoms with Crippen molar-refractivity contribution in [2.45, 2.75) is 55.4 Å². The summed E-state index contributed by atoms with van der Waals surface area (Å²) in [5.74, 6) is -2.23. The summed E-state index contributed by atoms with van der Waals surface area (Å²) in [4.78, 5) is 7.08. The molecule has 2 heterocycles. The van der Waals surface area contributed by atoms with E-state index in [1.165, 1.54) is 26.5 Å². The predicted octanol–water partition coefficient (Wildman–Crippen LogP) is 6.20. The van der Waals surface area contributed by atoms with Gasteiger partial charge in [-0.25, -0.2) is 31.5 Å². The molecule has 262 valence electrons. The Hall–Kier alpha value is -5.08. The Morgan fingerprint density at radius 1 is 0.900 bits per heavy atom. The maximum absolute atomic E-state index is 16.0. The van der Waals surface area contributed by atoms with Crippen molar-refractivity contribution in [3.63, 3.8) is 0 Å². The lowest BCUT2D eigenvalue weighted by atomic mass is 9.81. The zero-order chi connectivity index (χ0) is 35.3. The number of nitrogens with zero attached hydrogens (tertiary/aromatic N) is 5. The highest BCUT2D eigenvalue weighted by molar-refractivity contribution is 7.92. The number of aryl methyl sites for hydroxylation is 1. The van der Waals surface area contributed by atoms with Crippen LogP contribution in [-0.4, -0.2) is 54.6 Å². The van der Waals surface area contributed by atoms with E-state index < -0.39 is 38.4 Å². The van der Waals surface area contributed by atoms with Crippen LogP contribution >= 0.6 is 0 Å². The second-order valence-electron chi connectivity index (χ2n) is 11.8. The topological polar surface area (TPSA) is 118 Å². The number of methoxy groups -OCH3 is 2. The molecular weight excluding hydrogens is 668 g/mol. The van der Waals surface area contributed by atoms with Crippen molar-refractivity contribution in [2.75, 3.05) is 18.5 Å². The summed E-state index contributed by atoms with van der Waals surface area (Å²) in [7, 11) is -0.0133. The number of aromatic nitrogens is 4. The van der Waals surface area contributed by atoms with Gasteiger partial charge in [-0.3, -0.25) is 4.68 Å². The molecule has 11 nitrogen and oxygen atoms in total. The van der Waals surface area contributed by atoms with E-state index in [-0.39, 0.29) is 24.4 Å². The van der Waals surface area contributed by atoms with Crippen LogP contribution in [0.15, 0.2) is 96.4 Å². The quantitative estimate of drug-likeness (QED) is 0.141. The van der Waals surface area contributed by atoms with Crippen molar-refractivity contribution in [1.82, 2.24) is 19.7 Å². The van der Waals surface area contributed by atoms with Gasteiger partial charge in [-0.2, -0.15) is 5.10 Å². The van der Waals surface area contributed by atoms with E-state index in [1.807, 2.05) is 36.4 Å². The molecule has 3 unspecified atom stereocenters. The number of ether oxygens (including phenoxy) is 4. The van der Waals surface area contributed by atoms with Crippen LogP contribution in [0.2, 0.25) is 0 Å². The molecule has 1 aliphatic carbocycles. The van der Waals surface area contributed by atoms with Crippen molar-refractivity contribution < 1.29 is 36.1 Å². The molecule has 0 bridgehead atoms. The third kappa shape index (κ3) is 7.41. The predicted molar refractivity (Wildman–Crippen MR) is 181 cm³/mol. The van der Waals surface area contributed by atoms with Gasteiger partial charge in [0.05, 0.1) is 39.4 Å². The summed E-state index contributed by atoms with van der Waals surface area (Å²) in [5.41, 5.74) is 2.26. The lowest BCUT2D eigenvalue weighted by Gasteiger charge is -2.38. The Balaban J connectivity index is 1.31. The molecule has 1 aliphatic rings. The van der Waals surface area contributed by atoms with Crippen molar-refractivity contribution in [3.8, 4) is 17.2 Å². The van der Waals surface area contributed by atoms with Crippen molar-refractivity contribution in [1.29, 1.82) is 0 Å². The third-order valence-electron chi connectivity index (χ3n) is 8.75. The number of benzene rings is 3. The van der Waals surface area contributed by atoms with E-state index in [4.69, 9.17) is 18.9 Å². The fourth-order valence-electron chi connectivity index (χ4n) is 6.25. The minimum absolute atomic E-state index is 0.0548. The number of rotatable bonds is 13. The molecule has 6 rings (SSSR count). The molecule has 0 saturated heterocycles. The van der Waals surface area contributed by atoms with Crippen LogP contribution in [0, 0.1) is 11.6 Å². The largest absolute Gasteiger partial charge is 0.497 e. The van der Waals surface area contributed by atoms with Crippen molar-refractivity contribution >= 4 is 15.8 Å². The van der Waals surface area contributed by atoms with Crippen LogP contribution < -0.4 is 18.5 Å². The minimum atomic E-state index is -4.74. The van der Waals surface area contributed by atoms with Crippen LogP contribution in [0.1, 0.15) is 42.0 Å². The highest BCUT2D eigenvalue weighted by atomic mass is 32.2. The Bertz CT molecular complexity index is 2020. The summed E-state index contributed by atoms with van der Waals surface area (Å²) < 4.78 is 86.1. The molecule has 3 atom stereocenters. The smallest absolute Gasteiger partial charge is 0.268 e. The second-order valence-corrected chi connectivity index (χ2v) is 13.6. The lowest BCUT2D eigenvalue weighted by molar-refractivity contribution is -0.0383. The van der Waals surface area contributed by atoms with Crippen molar-refractivity contribution in [3.05, 3.63) is 120 Å². The second kappa shape index (κ2) is 15.2. The maximum atomic E-state index is 16.0. The van der Waals surface area contributed by atoms with E-state index >= 15 is 8.78 Å². The fourth-order valence-corrected chi connectivity index (χ4v) is 7.70. The Morgan fingerprint density at radius 3 is 2.40 bits per heavy atom. The lowest BCUT2D eigenvalue weighted by Crippen LogP contribution is -2.40. The molecule has 0 spiro atoms. The van der Waals surface area contributed by atoms with E-state index in [0.29, 0.717) is 36.2 Å². The molecule has 0 radical (unpaired) electrons. The van der Waals surface area contributed by atoms with Gasteiger partial charge in [0.15, 0.2) is 11.6 Å². The van der Waals surface area contributed by atoms with E-state index in [2.05, 4.69) is 15.1 Å². The molecule has 5 aromatic rings. The summed E-state index contributed by atoms with van der Waals surface area (Å²) in [6.07, 6.45) is 5.25. The van der Waals surface area contributed by atoms with Gasteiger partial charge in [0.25, 0.3) is 10.0 Å². The molecule has 0 aliphatic heterocycles. The number of hydrogen-bond acceptors (Lipinski definition) is 9. The van der Waals surface area contributed by atoms with Crippen LogP contribution in [0.25, 0.3) is 0 Å². The normalized spacial score (nSPS) is 17.7. The first-order valence-electron chi connectivity index (χ1n) is 16.0. The standard InChI is InChI=1S/C36H37F2N5O6S/c1-42-29(14-17-41-42)36-30(48-22-24-8-5-4-6-9-24)10-7-11-31(36)49-33-19-28(38)34(20-27(33)37)50(44,45)43(35-15-16-39-23-40-35)21-25-12-13-26(46-2)18-32(25)47-3/h4-6,8-9,12-20,23,30-31,36H,7,10-11,21-22H2,1-3H3. The molecule has 0 amide bonds. The summed E-state index contributed by atoms with van der Waals surface area (Å²) in [6.45, 7) is 0.0536. The van der Waals surface area contributed by atoms with Crippen LogP contribution in [0.4, 0.5) is 14.6 Å². The van der Waals surface area contributed by atoms with Gasteiger partial charge in [0.1, 0.15) is 40.5 Å². The zero-order valence-electron chi connectivity index (χ0n) is 27.8. The van der Waals surface area contributed by atoms with E-state index in [9.17, 15) is 8.42 Å². The number of halogens is 2. The monoisotopic (exact) mass is 705 g/mol. The van der Waals surface area contributed by atoms with Gasteiger partial charge < -0.3 is 18.9 Å². The number of hydrogen-bond donors (Lipinski definition) is 0. The molecular formula is C36H37F2N5O6S. The Kier molecular flexibility index (Phi) is 10.6. The zero-order valence-corrected chi connectivity index (χ0v) is 28.6. The maximum Gasteiger partial charge on any atom is 0.268 e. The highest BCUT2D eigenvalue weighted by Crippen LogP contribution is 2.40. The molecule has 50 heavy (non-hydrogen) atoms. The average molecular weight is 706 g/mol. The van der Waals surface area contributed by atoms with E-state index in [1.54, 1.807) is 36.1 Å². The fraction of sp³-hybridized carbons (Fsp3) is 0.306. The van der Waals surface area contributed by atoms with Crippen molar-refractivity contribution in [2.24, 2.45) is 7.05 Å². The van der Waals surface area contributed by atoms with Gasteiger partial charge in [-0.1, -0.05) is 30.3 Å². The van der Waals surface area contributed by atoms with Crippen LogP contribution in [0.5, 0.6) is 17.2 Å². The SMILES string of the molecule is COc1ccc(CN(c2ccncn2)S(=O)(=O)c2cc(F)c(OC3CCCC(OCc4ccccc4)C3c3ccnn3C)cc2F)c(OC)c1. The first kappa shape index (κ1) is 34.8. The summed E-state index contributed by atoms with van der Waals surface area (Å²) in [6, 6.07) is 19.2. The molecule has 14 heteroatoms. The molecule has 3 aromatic carbocycles. The number of sulfonamides is 1. The van der Waals surface area contributed by atoms with Gasteiger partial charge in [0, 0.05) is 55.0 Å². The molecule has 1 saturated carbocycles. The van der Waals surface area contributed by atoms with E-state index in [0.717, 1.165) is 40.8 Å². The van der Waals surface area contributed by atoms with Gasteiger partial charge in [-0.05, 0) is 43.0 Å². The van der Waals surface area contributed by atoms with Gasteiger partial charge >= 0.3 is 0 Å². The van der Waals surface area contributed by atoms with Gasteiger partial charge in [0.2, 0.25) is 0 Å². The van der Waals surface area contributed by atoms with Gasteiger partial charge in [-0.15, -0.1) is 0 Å². The Labute approximate surface area is 289 Å². The number of anilines is 1. The summed E-state index contributed by atoms with van der Waals surface area (Å²) in [5, 5.41) is 4.32. The molecule has 0 N–H and O–H groups in total. The highest BCUT2D eigenvalue weighted by Gasteiger charge is 2.39. The Morgan fingerprint density at radius 2 is 1.70 bits per heavy atom. The average Bonchev–Trinajstić information content (AvgIpc) is 3.56. The first-order chi connectivity index (χ1) is 24.2.